The van der Waals surface area contributed by atoms with Gasteiger partial charge in [0, 0.05) is 31.2 Å². The maximum Gasteiger partial charge on any atom is 0.233 e. The first-order valence-electron chi connectivity index (χ1n) is 9.85. The van der Waals surface area contributed by atoms with Gasteiger partial charge in [0.15, 0.2) is 4.34 Å². The molecule has 1 fully saturated rings. The summed E-state index contributed by atoms with van der Waals surface area (Å²) >= 11 is 2.90. The van der Waals surface area contributed by atoms with Crippen molar-refractivity contribution in [3.63, 3.8) is 0 Å². The molecule has 29 heavy (non-hydrogen) atoms. The SMILES string of the molecule is CC(C)CNc1nnc(SCC(=O)N2CCC(C(=O)Nc3ccccc3)CC2)s1. The number of thioether (sulfide) groups is 1. The normalized spacial score (nSPS) is 14.8. The number of amides is 2. The van der Waals surface area contributed by atoms with Gasteiger partial charge >= 0.3 is 0 Å². The highest BCUT2D eigenvalue weighted by Crippen LogP contribution is 2.27. The molecule has 2 heterocycles. The van der Waals surface area contributed by atoms with Crippen LogP contribution >= 0.6 is 23.1 Å². The Hall–Kier alpha value is -2.13. The Kier molecular flexibility index (Phi) is 7.88. The number of nitrogens with zero attached hydrogens (tertiary/aromatic N) is 3. The largest absolute Gasteiger partial charge is 0.360 e. The van der Waals surface area contributed by atoms with Gasteiger partial charge in [-0.2, -0.15) is 0 Å². The van der Waals surface area contributed by atoms with Gasteiger partial charge in [0.05, 0.1) is 5.75 Å². The molecule has 2 amide bonds. The van der Waals surface area contributed by atoms with Crippen LogP contribution in [0.2, 0.25) is 0 Å². The lowest BCUT2D eigenvalue weighted by Crippen LogP contribution is -2.42. The fraction of sp³-hybridized carbons (Fsp3) is 0.500. The number of hydrogen-bond donors (Lipinski definition) is 2. The molecule has 2 N–H and O–H groups in total. The molecule has 0 saturated carbocycles. The summed E-state index contributed by atoms with van der Waals surface area (Å²) in [6.07, 6.45) is 1.38. The Labute approximate surface area is 179 Å². The third kappa shape index (κ3) is 6.71. The summed E-state index contributed by atoms with van der Waals surface area (Å²) in [6.45, 7) is 6.35. The quantitative estimate of drug-likeness (QED) is 0.619. The Morgan fingerprint density at radius 1 is 1.21 bits per heavy atom. The summed E-state index contributed by atoms with van der Waals surface area (Å²) in [4.78, 5) is 26.8. The molecule has 7 nitrogen and oxygen atoms in total. The maximum atomic E-state index is 12.5. The van der Waals surface area contributed by atoms with Crippen LogP contribution in [0.1, 0.15) is 26.7 Å². The second kappa shape index (κ2) is 10.6. The third-order valence-electron chi connectivity index (χ3n) is 4.65. The van der Waals surface area contributed by atoms with Gasteiger partial charge < -0.3 is 15.5 Å². The molecule has 1 saturated heterocycles. The first-order valence-corrected chi connectivity index (χ1v) is 11.7. The number of nitrogens with one attached hydrogen (secondary N) is 2. The molecule has 9 heteroatoms. The minimum absolute atomic E-state index is 0.0351. The molecular formula is C20H27N5O2S2. The first kappa shape index (κ1) is 21.6. The van der Waals surface area contributed by atoms with Crippen molar-refractivity contribution in [2.24, 2.45) is 11.8 Å². The molecule has 0 unspecified atom stereocenters. The van der Waals surface area contributed by atoms with E-state index in [2.05, 4.69) is 34.7 Å². The van der Waals surface area contributed by atoms with E-state index in [-0.39, 0.29) is 17.7 Å². The smallest absolute Gasteiger partial charge is 0.233 e. The van der Waals surface area contributed by atoms with Crippen LogP contribution in [0.15, 0.2) is 34.7 Å². The van der Waals surface area contributed by atoms with Crippen molar-refractivity contribution in [1.82, 2.24) is 15.1 Å². The van der Waals surface area contributed by atoms with E-state index in [9.17, 15) is 9.59 Å². The highest BCUT2D eigenvalue weighted by atomic mass is 32.2. The molecule has 3 rings (SSSR count). The van der Waals surface area contributed by atoms with E-state index in [0.29, 0.717) is 37.6 Å². The number of benzene rings is 1. The highest BCUT2D eigenvalue weighted by molar-refractivity contribution is 8.01. The molecule has 0 atom stereocenters. The highest BCUT2D eigenvalue weighted by Gasteiger charge is 2.27. The lowest BCUT2D eigenvalue weighted by atomic mass is 9.96. The average molecular weight is 434 g/mol. The Balaban J connectivity index is 1.39. The van der Waals surface area contributed by atoms with Gasteiger partial charge in [-0.05, 0) is 30.9 Å². The third-order valence-corrected chi connectivity index (χ3v) is 6.65. The number of para-hydroxylation sites is 1. The van der Waals surface area contributed by atoms with Crippen LogP contribution in [0.5, 0.6) is 0 Å². The molecule has 0 spiro atoms. The van der Waals surface area contributed by atoms with E-state index in [1.165, 1.54) is 23.1 Å². The first-order chi connectivity index (χ1) is 14.0. The van der Waals surface area contributed by atoms with Crippen LogP contribution in [0.4, 0.5) is 10.8 Å². The van der Waals surface area contributed by atoms with E-state index in [1.54, 1.807) is 0 Å². The van der Waals surface area contributed by atoms with Gasteiger partial charge in [0.1, 0.15) is 0 Å². The van der Waals surface area contributed by atoms with Crippen LogP contribution in [0, 0.1) is 11.8 Å². The minimum atomic E-state index is -0.0512. The zero-order chi connectivity index (χ0) is 20.6. The van der Waals surface area contributed by atoms with Gasteiger partial charge in [-0.15, -0.1) is 10.2 Å². The molecule has 1 aliphatic rings. The summed E-state index contributed by atoms with van der Waals surface area (Å²) in [6, 6.07) is 9.48. The predicted octanol–water partition coefficient (Wildman–Crippen LogP) is 3.58. The predicted molar refractivity (Wildman–Crippen MR) is 118 cm³/mol. The Bertz CT molecular complexity index is 804. The maximum absolute atomic E-state index is 12.5. The topological polar surface area (TPSA) is 87.2 Å². The summed E-state index contributed by atoms with van der Waals surface area (Å²) in [5.74, 6) is 0.954. The van der Waals surface area contributed by atoms with Crippen molar-refractivity contribution in [1.29, 1.82) is 0 Å². The second-order valence-corrected chi connectivity index (χ2v) is 9.65. The van der Waals surface area contributed by atoms with Crippen LogP contribution in [-0.2, 0) is 9.59 Å². The van der Waals surface area contributed by atoms with Gasteiger partial charge in [-0.1, -0.05) is 55.1 Å². The van der Waals surface area contributed by atoms with Crippen LogP contribution in [0.3, 0.4) is 0 Å². The Morgan fingerprint density at radius 3 is 2.62 bits per heavy atom. The van der Waals surface area contributed by atoms with E-state index >= 15 is 0 Å². The number of aromatic nitrogens is 2. The van der Waals surface area contributed by atoms with Crippen LogP contribution in [-0.4, -0.2) is 52.3 Å². The fourth-order valence-corrected chi connectivity index (χ4v) is 4.66. The molecule has 0 bridgehead atoms. The number of rotatable bonds is 8. The average Bonchev–Trinajstić information content (AvgIpc) is 3.19. The lowest BCUT2D eigenvalue weighted by molar-refractivity contribution is -0.132. The van der Waals surface area contributed by atoms with Gasteiger partial charge in [-0.25, -0.2) is 0 Å². The van der Waals surface area contributed by atoms with Crippen molar-refractivity contribution in [3.05, 3.63) is 30.3 Å². The van der Waals surface area contributed by atoms with Crippen molar-refractivity contribution < 1.29 is 9.59 Å². The fourth-order valence-electron chi connectivity index (χ4n) is 3.00. The van der Waals surface area contributed by atoms with Crippen molar-refractivity contribution >= 4 is 45.7 Å². The zero-order valence-corrected chi connectivity index (χ0v) is 18.4. The minimum Gasteiger partial charge on any atom is -0.360 e. The number of piperidine rings is 1. The number of carbonyl (C=O) groups excluding carboxylic acids is 2. The summed E-state index contributed by atoms with van der Waals surface area (Å²) in [7, 11) is 0. The van der Waals surface area contributed by atoms with Crippen molar-refractivity contribution in [2.45, 2.75) is 31.0 Å². The number of likely N-dealkylation sites (tertiary alicyclic amines) is 1. The van der Waals surface area contributed by atoms with Crippen LogP contribution in [0.25, 0.3) is 0 Å². The van der Waals surface area contributed by atoms with Crippen molar-refractivity contribution in [3.8, 4) is 0 Å². The lowest BCUT2D eigenvalue weighted by Gasteiger charge is -2.31. The standard InChI is InChI=1S/C20H27N5O2S2/c1-14(2)12-21-19-23-24-20(29-19)28-13-17(26)25-10-8-15(9-11-25)18(27)22-16-6-4-3-5-7-16/h3-7,14-15H,8-13H2,1-2H3,(H,21,23)(H,22,27). The van der Waals surface area contributed by atoms with E-state index in [4.69, 9.17) is 0 Å². The zero-order valence-electron chi connectivity index (χ0n) is 16.8. The van der Waals surface area contributed by atoms with Gasteiger partial charge in [-0.3, -0.25) is 9.59 Å². The molecule has 2 aromatic rings. The monoisotopic (exact) mass is 433 g/mol. The molecule has 0 aliphatic carbocycles. The molecule has 1 aromatic heterocycles. The second-order valence-electron chi connectivity index (χ2n) is 7.45. The molecule has 156 valence electrons. The number of hydrogen-bond acceptors (Lipinski definition) is 7. The summed E-state index contributed by atoms with van der Waals surface area (Å²) in [5, 5.41) is 15.2. The molecule has 0 radical (unpaired) electrons. The van der Waals surface area contributed by atoms with E-state index in [0.717, 1.165) is 21.7 Å². The van der Waals surface area contributed by atoms with Gasteiger partial charge in [0.25, 0.3) is 0 Å². The Morgan fingerprint density at radius 2 is 1.93 bits per heavy atom. The van der Waals surface area contributed by atoms with E-state index in [1.807, 2.05) is 35.2 Å². The summed E-state index contributed by atoms with van der Waals surface area (Å²) in [5.41, 5.74) is 0.812. The number of anilines is 2. The number of carbonyl (C=O) groups is 2. The van der Waals surface area contributed by atoms with Crippen LogP contribution < -0.4 is 10.6 Å². The molecular weight excluding hydrogens is 406 g/mol. The summed E-state index contributed by atoms with van der Waals surface area (Å²) < 4.78 is 0.793. The molecule has 1 aliphatic heterocycles. The molecule has 1 aromatic carbocycles. The van der Waals surface area contributed by atoms with Crippen molar-refractivity contribution in [2.75, 3.05) is 36.0 Å². The van der Waals surface area contributed by atoms with Gasteiger partial charge in [0.2, 0.25) is 16.9 Å². The van der Waals surface area contributed by atoms with E-state index < -0.39 is 0 Å².